The van der Waals surface area contributed by atoms with Crippen molar-refractivity contribution in [1.82, 2.24) is 14.4 Å². The van der Waals surface area contributed by atoms with Crippen LogP contribution in [0.25, 0.3) is 5.65 Å². The third-order valence-corrected chi connectivity index (χ3v) is 2.93. The summed E-state index contributed by atoms with van der Waals surface area (Å²) in [5, 5.41) is 12.5. The van der Waals surface area contributed by atoms with Crippen LogP contribution >= 0.6 is 0 Å². The number of nitrogens with two attached hydrogens (primary N) is 1. The molecule has 4 N–H and O–H groups in total. The Balaban J connectivity index is 2.05. The number of hydrogen-bond acceptors (Lipinski definition) is 5. The molecule has 0 aliphatic heterocycles. The molecule has 2 aromatic heterocycles. The van der Waals surface area contributed by atoms with E-state index in [2.05, 4.69) is 15.3 Å². The van der Waals surface area contributed by atoms with Gasteiger partial charge in [-0.25, -0.2) is 9.97 Å². The monoisotopic (exact) mass is 219 g/mol. The van der Waals surface area contributed by atoms with Crippen molar-refractivity contribution in [3.63, 3.8) is 0 Å². The van der Waals surface area contributed by atoms with Gasteiger partial charge >= 0.3 is 0 Å². The van der Waals surface area contributed by atoms with Crippen LogP contribution in [-0.4, -0.2) is 31.6 Å². The highest BCUT2D eigenvalue weighted by atomic mass is 16.3. The molecule has 2 aromatic rings. The van der Waals surface area contributed by atoms with Crippen LogP contribution in [0.4, 0.5) is 11.6 Å². The van der Waals surface area contributed by atoms with E-state index in [1.165, 1.54) is 0 Å². The van der Waals surface area contributed by atoms with E-state index >= 15 is 0 Å². The lowest BCUT2D eigenvalue weighted by Gasteiger charge is -2.15. The second-order valence-electron chi connectivity index (χ2n) is 4.24. The Hall–Kier alpha value is -1.82. The highest BCUT2D eigenvalue weighted by Crippen LogP contribution is 2.38. The highest BCUT2D eigenvalue weighted by Gasteiger charge is 2.42. The number of aromatic nitrogens is 3. The summed E-state index contributed by atoms with van der Waals surface area (Å²) in [4.78, 5) is 8.43. The molecule has 2 heterocycles. The van der Waals surface area contributed by atoms with Crippen LogP contribution in [0.1, 0.15) is 12.8 Å². The molecule has 0 unspecified atom stereocenters. The number of aliphatic hydroxyl groups excluding tert-OH is 1. The summed E-state index contributed by atoms with van der Waals surface area (Å²) in [6.45, 7) is 0.107. The van der Waals surface area contributed by atoms with E-state index in [-0.39, 0.29) is 12.1 Å². The van der Waals surface area contributed by atoms with E-state index in [0.29, 0.717) is 11.6 Å². The first-order chi connectivity index (χ1) is 7.72. The Morgan fingerprint density at radius 3 is 3.06 bits per heavy atom. The van der Waals surface area contributed by atoms with Crippen LogP contribution in [0.2, 0.25) is 0 Å². The molecule has 6 heteroatoms. The molecule has 0 amide bonds. The maximum Gasteiger partial charge on any atom is 0.180 e. The zero-order valence-corrected chi connectivity index (χ0v) is 8.72. The fraction of sp³-hybridized carbons (Fsp3) is 0.400. The summed E-state index contributed by atoms with van der Waals surface area (Å²) in [5.41, 5.74) is 6.22. The predicted molar refractivity (Wildman–Crippen MR) is 60.1 cm³/mol. The number of aliphatic hydroxyl groups is 1. The van der Waals surface area contributed by atoms with Crippen molar-refractivity contribution in [3.8, 4) is 0 Å². The van der Waals surface area contributed by atoms with Gasteiger partial charge in [0.25, 0.3) is 0 Å². The van der Waals surface area contributed by atoms with Gasteiger partial charge in [-0.2, -0.15) is 0 Å². The van der Waals surface area contributed by atoms with Gasteiger partial charge in [-0.05, 0) is 12.8 Å². The second kappa shape index (κ2) is 3.08. The molecule has 1 fully saturated rings. The van der Waals surface area contributed by atoms with Gasteiger partial charge in [-0.1, -0.05) is 0 Å². The van der Waals surface area contributed by atoms with Crippen molar-refractivity contribution < 1.29 is 5.11 Å². The van der Waals surface area contributed by atoms with Crippen LogP contribution in [0, 0.1) is 0 Å². The molecule has 84 valence electrons. The summed E-state index contributed by atoms with van der Waals surface area (Å²) >= 11 is 0. The lowest BCUT2D eigenvalue weighted by Crippen LogP contribution is -2.26. The Morgan fingerprint density at radius 1 is 1.56 bits per heavy atom. The van der Waals surface area contributed by atoms with Gasteiger partial charge < -0.3 is 20.6 Å². The molecule has 1 aliphatic carbocycles. The summed E-state index contributed by atoms with van der Waals surface area (Å²) in [6, 6.07) is 0. The first-order valence-electron chi connectivity index (χ1n) is 5.21. The van der Waals surface area contributed by atoms with E-state index in [1.807, 2.05) is 10.6 Å². The summed E-state index contributed by atoms with van der Waals surface area (Å²) in [7, 11) is 0. The molecule has 0 saturated heterocycles. The minimum atomic E-state index is -0.215. The van der Waals surface area contributed by atoms with Gasteiger partial charge in [0.15, 0.2) is 11.5 Å². The van der Waals surface area contributed by atoms with E-state index in [4.69, 9.17) is 5.73 Å². The number of hydrogen-bond donors (Lipinski definition) is 3. The molecular weight excluding hydrogens is 206 g/mol. The van der Waals surface area contributed by atoms with Gasteiger partial charge in [-0.15, -0.1) is 0 Å². The lowest BCUT2D eigenvalue weighted by molar-refractivity contribution is 0.266. The Bertz CT molecular complexity index is 531. The SMILES string of the molecule is Nc1cn2ccnc2c(NC2(CO)CC2)n1. The van der Waals surface area contributed by atoms with E-state index in [9.17, 15) is 5.11 Å². The molecule has 0 radical (unpaired) electrons. The van der Waals surface area contributed by atoms with Gasteiger partial charge in [-0.3, -0.25) is 0 Å². The van der Waals surface area contributed by atoms with Gasteiger partial charge in [0.1, 0.15) is 5.82 Å². The second-order valence-corrected chi connectivity index (χ2v) is 4.24. The summed E-state index contributed by atoms with van der Waals surface area (Å²) in [5.74, 6) is 1.07. The van der Waals surface area contributed by atoms with E-state index < -0.39 is 0 Å². The number of anilines is 2. The number of nitrogen functional groups attached to an aromatic ring is 1. The molecule has 1 aliphatic rings. The van der Waals surface area contributed by atoms with Crippen molar-refractivity contribution in [1.29, 1.82) is 0 Å². The first-order valence-corrected chi connectivity index (χ1v) is 5.21. The largest absolute Gasteiger partial charge is 0.394 e. The smallest absolute Gasteiger partial charge is 0.180 e. The molecule has 0 aromatic carbocycles. The van der Waals surface area contributed by atoms with Crippen molar-refractivity contribution in [3.05, 3.63) is 18.6 Å². The number of nitrogens with one attached hydrogen (secondary N) is 1. The third-order valence-electron chi connectivity index (χ3n) is 2.93. The zero-order chi connectivity index (χ0) is 11.2. The Morgan fingerprint density at radius 2 is 2.38 bits per heavy atom. The summed E-state index contributed by atoms with van der Waals surface area (Å²) in [6.07, 6.45) is 7.13. The predicted octanol–water partition coefficient (Wildman–Crippen LogP) is 0.248. The van der Waals surface area contributed by atoms with Crippen molar-refractivity contribution in [2.24, 2.45) is 0 Å². The molecule has 3 rings (SSSR count). The first kappa shape index (κ1) is 9.41. The van der Waals surface area contributed by atoms with Crippen LogP contribution in [-0.2, 0) is 0 Å². The third kappa shape index (κ3) is 1.38. The number of nitrogens with zero attached hydrogens (tertiary/aromatic N) is 3. The fourth-order valence-electron chi connectivity index (χ4n) is 1.76. The molecule has 1 saturated carbocycles. The van der Waals surface area contributed by atoms with Crippen molar-refractivity contribution in [2.75, 3.05) is 17.7 Å². The minimum absolute atomic E-state index is 0.107. The standard InChI is InChI=1S/C10H13N5O/c11-7-5-15-4-3-12-9(15)8(13-7)14-10(6-16)1-2-10/h3-5,16H,1-2,6,11H2,(H,13,14). The topological polar surface area (TPSA) is 88.5 Å². The molecular formula is C10H13N5O. The highest BCUT2D eigenvalue weighted by molar-refractivity contribution is 5.66. The number of imidazole rings is 1. The normalized spacial score (nSPS) is 17.6. The quantitative estimate of drug-likeness (QED) is 0.688. The summed E-state index contributed by atoms with van der Waals surface area (Å²) < 4.78 is 1.82. The average Bonchev–Trinajstić information content (AvgIpc) is 2.87. The van der Waals surface area contributed by atoms with Crippen LogP contribution in [0.3, 0.4) is 0 Å². The Labute approximate surface area is 92.1 Å². The molecule has 0 spiro atoms. The lowest BCUT2D eigenvalue weighted by atomic mass is 10.3. The maximum atomic E-state index is 9.26. The number of rotatable bonds is 3. The van der Waals surface area contributed by atoms with Crippen LogP contribution in [0.5, 0.6) is 0 Å². The van der Waals surface area contributed by atoms with Gasteiger partial charge in [0.2, 0.25) is 0 Å². The van der Waals surface area contributed by atoms with Gasteiger partial charge in [0, 0.05) is 12.4 Å². The molecule has 0 bridgehead atoms. The fourth-order valence-corrected chi connectivity index (χ4v) is 1.76. The maximum absolute atomic E-state index is 9.26. The minimum Gasteiger partial charge on any atom is -0.394 e. The number of fused-ring (bicyclic) bond motifs is 1. The Kier molecular flexibility index (Phi) is 1.81. The van der Waals surface area contributed by atoms with Gasteiger partial charge in [0.05, 0.1) is 18.3 Å². The van der Waals surface area contributed by atoms with Crippen molar-refractivity contribution >= 4 is 17.3 Å². The average molecular weight is 219 g/mol. The van der Waals surface area contributed by atoms with Crippen LogP contribution < -0.4 is 11.1 Å². The molecule has 16 heavy (non-hydrogen) atoms. The van der Waals surface area contributed by atoms with Crippen LogP contribution in [0.15, 0.2) is 18.6 Å². The van der Waals surface area contributed by atoms with E-state index in [1.54, 1.807) is 12.4 Å². The zero-order valence-electron chi connectivity index (χ0n) is 8.72. The molecule has 0 atom stereocenters. The molecule has 6 nitrogen and oxygen atoms in total. The van der Waals surface area contributed by atoms with E-state index in [0.717, 1.165) is 18.5 Å². The van der Waals surface area contributed by atoms with Crippen molar-refractivity contribution in [2.45, 2.75) is 18.4 Å².